The fourth-order valence-electron chi connectivity index (χ4n) is 2.09. The Morgan fingerprint density at radius 2 is 2.14 bits per heavy atom. The van der Waals surface area contributed by atoms with Crippen molar-refractivity contribution in [1.29, 1.82) is 0 Å². The fraction of sp³-hybridized carbons (Fsp3) is 0.267. The molecule has 1 aromatic carbocycles. The van der Waals surface area contributed by atoms with Crippen molar-refractivity contribution in [2.24, 2.45) is 5.92 Å². The molecule has 0 saturated heterocycles. The molecule has 1 atom stereocenters. The van der Waals surface area contributed by atoms with E-state index in [2.05, 4.69) is 5.32 Å². The van der Waals surface area contributed by atoms with E-state index < -0.39 is 11.8 Å². The van der Waals surface area contributed by atoms with E-state index >= 15 is 0 Å². The van der Waals surface area contributed by atoms with E-state index in [-0.39, 0.29) is 28.9 Å². The number of carbonyl (C=O) groups is 1. The van der Waals surface area contributed by atoms with Gasteiger partial charge in [0.2, 0.25) is 0 Å². The summed E-state index contributed by atoms with van der Waals surface area (Å²) in [6.07, 6.45) is 0. The van der Waals surface area contributed by atoms with E-state index in [1.54, 1.807) is 11.3 Å². The third kappa shape index (κ3) is 3.33. The van der Waals surface area contributed by atoms with Crippen LogP contribution in [0.25, 0.3) is 0 Å². The van der Waals surface area contributed by atoms with Crippen LogP contribution < -0.4 is 11.1 Å². The van der Waals surface area contributed by atoms with Gasteiger partial charge in [-0.15, -0.1) is 11.3 Å². The van der Waals surface area contributed by atoms with Crippen molar-refractivity contribution in [3.63, 3.8) is 0 Å². The maximum Gasteiger partial charge on any atom is 0.337 e. The molecule has 21 heavy (non-hydrogen) atoms. The molecule has 0 aliphatic rings. The van der Waals surface area contributed by atoms with Gasteiger partial charge in [0.25, 0.3) is 0 Å². The molecule has 1 aromatic heterocycles. The lowest BCUT2D eigenvalue weighted by Crippen LogP contribution is -2.17. The zero-order valence-electron chi connectivity index (χ0n) is 11.8. The van der Waals surface area contributed by atoms with Crippen molar-refractivity contribution in [3.05, 3.63) is 45.9 Å². The highest BCUT2D eigenvalue weighted by Gasteiger charge is 2.20. The third-order valence-corrected chi connectivity index (χ3v) is 4.15. The molecule has 6 heteroatoms. The molecule has 2 aromatic rings. The Morgan fingerprint density at radius 1 is 1.43 bits per heavy atom. The molecular formula is C15H17FN2O2S. The lowest BCUT2D eigenvalue weighted by Gasteiger charge is -2.23. The number of thiophene rings is 1. The smallest absolute Gasteiger partial charge is 0.337 e. The van der Waals surface area contributed by atoms with Gasteiger partial charge >= 0.3 is 5.97 Å². The van der Waals surface area contributed by atoms with E-state index in [9.17, 15) is 9.18 Å². The molecule has 0 bridgehead atoms. The molecule has 4 nitrogen and oxygen atoms in total. The molecule has 112 valence electrons. The number of benzene rings is 1. The van der Waals surface area contributed by atoms with Crippen LogP contribution in [-0.4, -0.2) is 11.1 Å². The van der Waals surface area contributed by atoms with Crippen LogP contribution in [-0.2, 0) is 0 Å². The first-order chi connectivity index (χ1) is 9.90. The molecular weight excluding hydrogens is 291 g/mol. The number of hydrogen-bond acceptors (Lipinski definition) is 4. The van der Waals surface area contributed by atoms with Gasteiger partial charge in [0.05, 0.1) is 17.3 Å². The Labute approximate surface area is 126 Å². The SMILES string of the molecule is CC(C)C(Nc1cc(C(=O)O)c(N)cc1F)c1cccs1. The summed E-state index contributed by atoms with van der Waals surface area (Å²) in [6, 6.07) is 6.09. The number of carboxylic acids is 1. The van der Waals surface area contributed by atoms with Gasteiger partial charge < -0.3 is 16.2 Å². The fourth-order valence-corrected chi connectivity index (χ4v) is 3.04. The molecule has 2 rings (SSSR count). The first-order valence-electron chi connectivity index (χ1n) is 6.52. The van der Waals surface area contributed by atoms with Crippen molar-refractivity contribution in [2.75, 3.05) is 11.1 Å². The number of aromatic carboxylic acids is 1. The first kappa shape index (κ1) is 15.3. The molecule has 0 saturated carbocycles. The molecule has 0 aliphatic carbocycles. The monoisotopic (exact) mass is 308 g/mol. The zero-order valence-corrected chi connectivity index (χ0v) is 12.6. The van der Waals surface area contributed by atoms with Gasteiger partial charge in [0.1, 0.15) is 5.82 Å². The largest absolute Gasteiger partial charge is 0.478 e. The Balaban J connectivity index is 2.37. The van der Waals surface area contributed by atoms with Gasteiger partial charge in [0.15, 0.2) is 0 Å². The normalized spacial score (nSPS) is 12.4. The van der Waals surface area contributed by atoms with E-state index in [0.717, 1.165) is 10.9 Å². The lowest BCUT2D eigenvalue weighted by molar-refractivity contribution is 0.0698. The summed E-state index contributed by atoms with van der Waals surface area (Å²) in [5.41, 5.74) is 5.49. The summed E-state index contributed by atoms with van der Waals surface area (Å²) in [5.74, 6) is -1.51. The number of hydrogen-bond donors (Lipinski definition) is 3. The van der Waals surface area contributed by atoms with Crippen LogP contribution in [0.4, 0.5) is 15.8 Å². The quantitative estimate of drug-likeness (QED) is 0.730. The minimum absolute atomic E-state index is 0.0808. The number of rotatable bonds is 5. The molecule has 4 N–H and O–H groups in total. The number of anilines is 2. The third-order valence-electron chi connectivity index (χ3n) is 3.20. The number of nitrogen functional groups attached to an aromatic ring is 1. The Hall–Kier alpha value is -2.08. The van der Waals surface area contributed by atoms with Crippen LogP contribution in [0, 0.1) is 11.7 Å². The minimum atomic E-state index is -1.17. The topological polar surface area (TPSA) is 75.3 Å². The van der Waals surface area contributed by atoms with Crippen molar-refractivity contribution < 1.29 is 14.3 Å². The maximum atomic E-state index is 14.0. The summed E-state index contributed by atoms with van der Waals surface area (Å²) in [4.78, 5) is 12.2. The number of carboxylic acid groups (broad SMARTS) is 1. The Kier molecular flexibility index (Phi) is 4.47. The predicted octanol–water partition coefficient (Wildman–Crippen LogP) is 3.98. The minimum Gasteiger partial charge on any atom is -0.478 e. The highest BCUT2D eigenvalue weighted by molar-refractivity contribution is 7.10. The number of nitrogens with one attached hydrogen (secondary N) is 1. The summed E-state index contributed by atoms with van der Waals surface area (Å²) in [7, 11) is 0. The van der Waals surface area contributed by atoms with E-state index in [1.165, 1.54) is 6.07 Å². The molecule has 0 amide bonds. The van der Waals surface area contributed by atoms with Crippen molar-refractivity contribution in [3.8, 4) is 0 Å². The second-order valence-corrected chi connectivity index (χ2v) is 6.09. The second kappa shape index (κ2) is 6.13. The molecule has 1 heterocycles. The van der Waals surface area contributed by atoms with E-state index in [0.29, 0.717) is 0 Å². The van der Waals surface area contributed by atoms with Crippen LogP contribution in [0.3, 0.4) is 0 Å². The summed E-state index contributed by atoms with van der Waals surface area (Å²) < 4.78 is 14.0. The van der Waals surface area contributed by atoms with Crippen molar-refractivity contribution in [1.82, 2.24) is 0 Å². The average Bonchev–Trinajstić information content (AvgIpc) is 2.90. The van der Waals surface area contributed by atoms with Gasteiger partial charge in [-0.1, -0.05) is 19.9 Å². The first-order valence-corrected chi connectivity index (χ1v) is 7.40. The van der Waals surface area contributed by atoms with Crippen LogP contribution in [0.15, 0.2) is 29.6 Å². The second-order valence-electron chi connectivity index (χ2n) is 5.11. The predicted molar refractivity (Wildman–Crippen MR) is 83.3 cm³/mol. The van der Waals surface area contributed by atoms with Gasteiger partial charge in [-0.3, -0.25) is 0 Å². The molecule has 0 aliphatic heterocycles. The van der Waals surface area contributed by atoms with Crippen LogP contribution in [0.2, 0.25) is 0 Å². The van der Waals surface area contributed by atoms with Crippen molar-refractivity contribution >= 4 is 28.7 Å². The van der Waals surface area contributed by atoms with Crippen LogP contribution in [0.1, 0.15) is 35.1 Å². The number of nitrogens with two attached hydrogens (primary N) is 1. The van der Waals surface area contributed by atoms with Gasteiger partial charge in [0, 0.05) is 10.6 Å². The summed E-state index contributed by atoms with van der Waals surface area (Å²) >= 11 is 1.57. The lowest BCUT2D eigenvalue weighted by atomic mass is 10.0. The molecule has 1 unspecified atom stereocenters. The Bertz CT molecular complexity index is 641. The van der Waals surface area contributed by atoms with Gasteiger partial charge in [-0.05, 0) is 29.5 Å². The zero-order chi connectivity index (χ0) is 15.6. The van der Waals surface area contributed by atoms with Gasteiger partial charge in [-0.25, -0.2) is 9.18 Å². The summed E-state index contributed by atoms with van der Waals surface area (Å²) in [6.45, 7) is 4.04. The van der Waals surface area contributed by atoms with Gasteiger partial charge in [-0.2, -0.15) is 0 Å². The number of halogens is 1. The molecule has 0 spiro atoms. The van der Waals surface area contributed by atoms with Crippen molar-refractivity contribution in [2.45, 2.75) is 19.9 Å². The molecule has 0 radical (unpaired) electrons. The van der Waals surface area contributed by atoms with E-state index in [4.69, 9.17) is 10.8 Å². The average molecular weight is 308 g/mol. The maximum absolute atomic E-state index is 14.0. The molecule has 0 fully saturated rings. The standard InChI is InChI=1S/C15H17FN2O2S/c1-8(2)14(13-4-3-5-21-13)18-12-6-9(15(19)20)11(17)7-10(12)16/h3-8,14,18H,17H2,1-2H3,(H,19,20). The summed E-state index contributed by atoms with van der Waals surface area (Å²) in [5, 5.41) is 14.1. The van der Waals surface area contributed by atoms with E-state index in [1.807, 2.05) is 31.4 Å². The van der Waals surface area contributed by atoms with Crippen LogP contribution >= 0.6 is 11.3 Å². The Morgan fingerprint density at radius 3 is 2.67 bits per heavy atom. The van der Waals surface area contributed by atoms with Crippen LogP contribution in [0.5, 0.6) is 0 Å². The highest BCUT2D eigenvalue weighted by atomic mass is 32.1. The highest BCUT2D eigenvalue weighted by Crippen LogP contribution is 2.32.